The van der Waals surface area contributed by atoms with Crippen molar-refractivity contribution >= 4 is 5.97 Å². The van der Waals surface area contributed by atoms with Gasteiger partial charge in [0.25, 0.3) is 6.43 Å². The SMILES string of the molecule is CCOC(=O)Cc1cc(C(F)F)nc(C#N)c1C. The topological polar surface area (TPSA) is 63.0 Å². The Morgan fingerprint density at radius 3 is 2.78 bits per heavy atom. The second kappa shape index (κ2) is 6.05. The molecule has 1 aromatic heterocycles. The van der Waals surface area contributed by atoms with Gasteiger partial charge in [-0.15, -0.1) is 0 Å². The third kappa shape index (κ3) is 3.23. The number of esters is 1. The molecule has 0 saturated carbocycles. The molecule has 6 heteroatoms. The van der Waals surface area contributed by atoms with Gasteiger partial charge in [0.2, 0.25) is 0 Å². The lowest BCUT2D eigenvalue weighted by Crippen LogP contribution is -2.10. The fraction of sp³-hybridized carbons (Fsp3) is 0.417. The fourth-order valence-electron chi connectivity index (χ4n) is 1.46. The maximum Gasteiger partial charge on any atom is 0.310 e. The molecular formula is C12H12F2N2O2. The van der Waals surface area contributed by atoms with Crippen LogP contribution in [0.1, 0.15) is 35.9 Å². The van der Waals surface area contributed by atoms with E-state index in [0.717, 1.165) is 6.07 Å². The van der Waals surface area contributed by atoms with Crippen LogP contribution in [0.25, 0.3) is 0 Å². The normalized spacial score (nSPS) is 10.2. The molecule has 0 atom stereocenters. The molecule has 1 aromatic rings. The summed E-state index contributed by atoms with van der Waals surface area (Å²) >= 11 is 0. The van der Waals surface area contributed by atoms with E-state index in [4.69, 9.17) is 10.00 Å². The Balaban J connectivity index is 3.14. The molecule has 0 spiro atoms. The minimum atomic E-state index is -2.78. The first-order valence-electron chi connectivity index (χ1n) is 5.33. The van der Waals surface area contributed by atoms with Crippen LogP contribution in [0.2, 0.25) is 0 Å². The van der Waals surface area contributed by atoms with Crippen LogP contribution in [0.3, 0.4) is 0 Å². The maximum absolute atomic E-state index is 12.6. The van der Waals surface area contributed by atoms with Crippen molar-refractivity contribution < 1.29 is 18.3 Å². The van der Waals surface area contributed by atoms with E-state index in [0.29, 0.717) is 11.1 Å². The molecule has 1 heterocycles. The second-order valence-electron chi connectivity index (χ2n) is 3.57. The van der Waals surface area contributed by atoms with Crippen LogP contribution in [-0.2, 0) is 16.0 Å². The van der Waals surface area contributed by atoms with Gasteiger partial charge in [0.15, 0.2) is 0 Å². The van der Waals surface area contributed by atoms with Crippen LogP contribution in [-0.4, -0.2) is 17.6 Å². The number of carbonyl (C=O) groups is 1. The van der Waals surface area contributed by atoms with Crippen LogP contribution < -0.4 is 0 Å². The third-order valence-electron chi connectivity index (χ3n) is 2.37. The van der Waals surface area contributed by atoms with Gasteiger partial charge in [-0.05, 0) is 31.0 Å². The second-order valence-corrected chi connectivity index (χ2v) is 3.57. The molecule has 0 aliphatic heterocycles. The van der Waals surface area contributed by atoms with Gasteiger partial charge >= 0.3 is 5.97 Å². The summed E-state index contributed by atoms with van der Waals surface area (Å²) in [6, 6.07) is 2.88. The van der Waals surface area contributed by atoms with Crippen molar-refractivity contribution in [2.75, 3.05) is 6.61 Å². The predicted molar refractivity (Wildman–Crippen MR) is 59.0 cm³/mol. The van der Waals surface area contributed by atoms with Crippen LogP contribution in [0.4, 0.5) is 8.78 Å². The third-order valence-corrected chi connectivity index (χ3v) is 2.37. The first-order chi connectivity index (χ1) is 8.49. The predicted octanol–water partition coefficient (Wildman–Crippen LogP) is 2.30. The Bertz CT molecular complexity index is 496. The van der Waals surface area contributed by atoms with Gasteiger partial charge in [0.05, 0.1) is 13.0 Å². The number of rotatable bonds is 4. The van der Waals surface area contributed by atoms with Crippen LogP contribution >= 0.6 is 0 Å². The number of hydrogen-bond acceptors (Lipinski definition) is 4. The zero-order valence-electron chi connectivity index (χ0n) is 10.0. The highest BCUT2D eigenvalue weighted by Crippen LogP contribution is 2.22. The number of halogens is 2. The first-order valence-corrected chi connectivity index (χ1v) is 5.33. The summed E-state index contributed by atoms with van der Waals surface area (Å²) < 4.78 is 29.9. The van der Waals surface area contributed by atoms with Crippen molar-refractivity contribution in [1.29, 1.82) is 5.26 Å². The molecule has 0 saturated heterocycles. The highest BCUT2D eigenvalue weighted by atomic mass is 19.3. The standard InChI is InChI=1S/C12H12F2N2O2/c1-3-18-11(17)5-8-4-9(12(13)14)16-10(6-15)7(8)2/h4,12H,3,5H2,1-2H3. The molecule has 4 nitrogen and oxygen atoms in total. The van der Waals surface area contributed by atoms with E-state index in [1.807, 2.05) is 0 Å². The van der Waals surface area contributed by atoms with Crippen LogP contribution in [0.15, 0.2) is 6.07 Å². The number of hydrogen-bond donors (Lipinski definition) is 0. The number of ether oxygens (including phenoxy) is 1. The smallest absolute Gasteiger partial charge is 0.310 e. The first kappa shape index (κ1) is 14.0. The summed E-state index contributed by atoms with van der Waals surface area (Å²) in [4.78, 5) is 14.9. The number of alkyl halides is 2. The number of aromatic nitrogens is 1. The molecule has 0 N–H and O–H groups in total. The van der Waals surface area contributed by atoms with E-state index in [2.05, 4.69) is 4.98 Å². The van der Waals surface area contributed by atoms with Gasteiger partial charge < -0.3 is 4.74 Å². The van der Waals surface area contributed by atoms with Crippen LogP contribution in [0, 0.1) is 18.3 Å². The number of nitriles is 1. The quantitative estimate of drug-likeness (QED) is 0.773. The van der Waals surface area contributed by atoms with Crippen molar-refractivity contribution in [2.24, 2.45) is 0 Å². The molecule has 0 radical (unpaired) electrons. The van der Waals surface area contributed by atoms with Gasteiger partial charge in [-0.2, -0.15) is 5.26 Å². The van der Waals surface area contributed by atoms with Gasteiger partial charge in [0.1, 0.15) is 17.5 Å². The van der Waals surface area contributed by atoms with E-state index in [1.165, 1.54) is 0 Å². The van der Waals surface area contributed by atoms with E-state index in [1.54, 1.807) is 19.9 Å². The highest BCUT2D eigenvalue weighted by Gasteiger charge is 2.17. The summed E-state index contributed by atoms with van der Waals surface area (Å²) in [5.74, 6) is -0.518. The van der Waals surface area contributed by atoms with Gasteiger partial charge in [-0.1, -0.05) is 0 Å². The molecule has 1 rings (SSSR count). The average molecular weight is 254 g/mol. The van der Waals surface area contributed by atoms with Crippen molar-refractivity contribution in [3.63, 3.8) is 0 Å². The molecule has 0 bridgehead atoms. The number of carbonyl (C=O) groups excluding carboxylic acids is 1. The summed E-state index contributed by atoms with van der Waals surface area (Å²) in [6.07, 6.45) is -2.92. The zero-order valence-corrected chi connectivity index (χ0v) is 10.0. The summed E-state index contributed by atoms with van der Waals surface area (Å²) in [6.45, 7) is 3.44. The highest BCUT2D eigenvalue weighted by molar-refractivity contribution is 5.73. The molecular weight excluding hydrogens is 242 g/mol. The molecule has 0 aliphatic rings. The van der Waals surface area contributed by atoms with Crippen molar-refractivity contribution in [1.82, 2.24) is 4.98 Å². The lowest BCUT2D eigenvalue weighted by atomic mass is 10.0. The van der Waals surface area contributed by atoms with E-state index in [9.17, 15) is 13.6 Å². The molecule has 18 heavy (non-hydrogen) atoms. The monoisotopic (exact) mass is 254 g/mol. The average Bonchev–Trinajstić information content (AvgIpc) is 2.31. The van der Waals surface area contributed by atoms with Crippen molar-refractivity contribution in [3.05, 3.63) is 28.6 Å². The van der Waals surface area contributed by atoms with E-state index < -0.39 is 18.1 Å². The summed E-state index contributed by atoms with van der Waals surface area (Å²) in [5.41, 5.74) is 0.175. The molecule has 0 fully saturated rings. The summed E-state index contributed by atoms with van der Waals surface area (Å²) in [5, 5.41) is 8.81. The Labute approximate surface area is 103 Å². The molecule has 0 aromatic carbocycles. The maximum atomic E-state index is 12.6. The zero-order chi connectivity index (χ0) is 13.7. The Morgan fingerprint density at radius 2 is 2.28 bits per heavy atom. The lowest BCUT2D eigenvalue weighted by molar-refractivity contribution is -0.142. The Kier molecular flexibility index (Phi) is 4.72. The van der Waals surface area contributed by atoms with Crippen LogP contribution in [0.5, 0.6) is 0 Å². The Hall–Kier alpha value is -2.03. The summed E-state index contributed by atoms with van der Waals surface area (Å²) in [7, 11) is 0. The van der Waals surface area contributed by atoms with Crippen molar-refractivity contribution in [3.8, 4) is 6.07 Å². The molecule has 0 unspecified atom stereocenters. The van der Waals surface area contributed by atoms with Gasteiger partial charge in [-0.3, -0.25) is 4.79 Å². The number of pyridine rings is 1. The van der Waals surface area contributed by atoms with E-state index in [-0.39, 0.29) is 18.7 Å². The largest absolute Gasteiger partial charge is 0.466 e. The lowest BCUT2D eigenvalue weighted by Gasteiger charge is -2.09. The molecule has 0 amide bonds. The van der Waals surface area contributed by atoms with Gasteiger partial charge in [-0.25, -0.2) is 13.8 Å². The van der Waals surface area contributed by atoms with E-state index >= 15 is 0 Å². The van der Waals surface area contributed by atoms with Crippen molar-refractivity contribution in [2.45, 2.75) is 26.7 Å². The molecule has 96 valence electrons. The minimum absolute atomic E-state index is 0.0906. The minimum Gasteiger partial charge on any atom is -0.466 e. The number of nitrogens with zero attached hydrogens (tertiary/aromatic N) is 2. The van der Waals surface area contributed by atoms with Gasteiger partial charge in [0, 0.05) is 0 Å². The fourth-order valence-corrected chi connectivity index (χ4v) is 1.46. The molecule has 0 aliphatic carbocycles. The Morgan fingerprint density at radius 1 is 1.61 bits per heavy atom.